The van der Waals surface area contributed by atoms with Crippen molar-refractivity contribution in [3.63, 3.8) is 0 Å². The second kappa shape index (κ2) is 5.07. The van der Waals surface area contributed by atoms with Crippen molar-refractivity contribution in [2.75, 3.05) is 12.9 Å². The van der Waals surface area contributed by atoms with Crippen LogP contribution in [0.25, 0.3) is 0 Å². The van der Waals surface area contributed by atoms with Gasteiger partial charge in [-0.25, -0.2) is 0 Å². The number of methoxy groups -OCH3 is 1. The molecular weight excluding hydrogens is 212 g/mol. The lowest BCUT2D eigenvalue weighted by Crippen LogP contribution is -2.12. The van der Waals surface area contributed by atoms with Gasteiger partial charge in [-0.3, -0.25) is 9.00 Å². The van der Waals surface area contributed by atoms with Gasteiger partial charge in [0.25, 0.3) is 0 Å². The van der Waals surface area contributed by atoms with Crippen LogP contribution in [-0.2, 0) is 20.3 Å². The van der Waals surface area contributed by atoms with Crippen LogP contribution in [-0.4, -0.2) is 23.0 Å². The minimum atomic E-state index is -1.31. The molecule has 0 aliphatic rings. The number of ether oxygens (including phenoxy) is 1. The molecule has 1 aromatic rings. The summed E-state index contributed by atoms with van der Waals surface area (Å²) in [5, 5.41) is 0. The highest BCUT2D eigenvalue weighted by molar-refractivity contribution is 7.85. The quantitative estimate of drug-likeness (QED) is 0.735. The number of hydrogen-bond acceptors (Lipinski definition) is 3. The van der Waals surface area contributed by atoms with Crippen molar-refractivity contribution < 1.29 is 13.7 Å². The van der Waals surface area contributed by atoms with E-state index >= 15 is 0 Å². The van der Waals surface area contributed by atoms with Crippen LogP contribution in [0.2, 0.25) is 0 Å². The van der Waals surface area contributed by atoms with Crippen LogP contribution in [0.4, 0.5) is 0 Å². The zero-order valence-corrected chi connectivity index (χ0v) is 9.89. The van der Waals surface area contributed by atoms with Gasteiger partial charge in [-0.2, -0.15) is 0 Å². The average Bonchev–Trinajstić information content (AvgIpc) is 2.21. The number of aryl methyl sites for hydroxylation is 2. The Labute approximate surface area is 91.9 Å². The summed E-state index contributed by atoms with van der Waals surface area (Å²) >= 11 is 0. The van der Waals surface area contributed by atoms with Crippen LogP contribution in [0.5, 0.6) is 0 Å². The number of carbonyl (C=O) groups is 1. The van der Waals surface area contributed by atoms with E-state index in [0.717, 1.165) is 11.1 Å². The van der Waals surface area contributed by atoms with Gasteiger partial charge in [0.2, 0.25) is 0 Å². The molecular formula is C11H14O3S. The van der Waals surface area contributed by atoms with Crippen molar-refractivity contribution in [3.05, 3.63) is 29.3 Å². The molecule has 0 aliphatic heterocycles. The summed E-state index contributed by atoms with van der Waals surface area (Å²) in [6.45, 7) is 3.81. The molecule has 0 spiro atoms. The van der Waals surface area contributed by atoms with E-state index < -0.39 is 16.8 Å². The van der Waals surface area contributed by atoms with Gasteiger partial charge in [-0.05, 0) is 31.0 Å². The van der Waals surface area contributed by atoms with Gasteiger partial charge >= 0.3 is 5.97 Å². The predicted molar refractivity (Wildman–Crippen MR) is 59.2 cm³/mol. The van der Waals surface area contributed by atoms with Crippen molar-refractivity contribution in [1.82, 2.24) is 0 Å². The first-order valence-electron chi connectivity index (χ1n) is 4.57. The lowest BCUT2D eigenvalue weighted by molar-refractivity contribution is -0.137. The summed E-state index contributed by atoms with van der Waals surface area (Å²) in [6.07, 6.45) is 0. The minimum Gasteiger partial charge on any atom is -0.468 e. The Kier molecular flexibility index (Phi) is 4.03. The largest absolute Gasteiger partial charge is 0.468 e. The highest BCUT2D eigenvalue weighted by Crippen LogP contribution is 2.15. The SMILES string of the molecule is COC(=O)CS(=O)c1cc(C)ccc1C. The van der Waals surface area contributed by atoms with Crippen LogP contribution in [0.15, 0.2) is 23.1 Å². The van der Waals surface area contributed by atoms with E-state index in [1.54, 1.807) is 0 Å². The summed E-state index contributed by atoms with van der Waals surface area (Å²) in [5.74, 6) is -0.532. The molecule has 0 radical (unpaired) electrons. The Bertz CT molecular complexity index is 399. The van der Waals surface area contributed by atoms with E-state index in [9.17, 15) is 9.00 Å². The minimum absolute atomic E-state index is 0.0825. The number of esters is 1. The number of benzene rings is 1. The number of carbonyl (C=O) groups excluding carboxylic acids is 1. The topological polar surface area (TPSA) is 43.4 Å². The van der Waals surface area contributed by atoms with Gasteiger partial charge in [0.15, 0.2) is 0 Å². The highest BCUT2D eigenvalue weighted by Gasteiger charge is 2.12. The molecule has 0 bridgehead atoms. The number of rotatable bonds is 3. The summed E-state index contributed by atoms with van der Waals surface area (Å²) in [7, 11) is -0.0155. The molecule has 0 saturated carbocycles. The van der Waals surface area contributed by atoms with Crippen LogP contribution in [0.3, 0.4) is 0 Å². The molecule has 1 aromatic carbocycles. The molecule has 1 unspecified atom stereocenters. The van der Waals surface area contributed by atoms with E-state index in [4.69, 9.17) is 0 Å². The molecule has 15 heavy (non-hydrogen) atoms. The molecule has 4 heteroatoms. The van der Waals surface area contributed by atoms with Crippen molar-refractivity contribution >= 4 is 16.8 Å². The van der Waals surface area contributed by atoms with E-state index in [1.165, 1.54) is 7.11 Å². The monoisotopic (exact) mass is 226 g/mol. The van der Waals surface area contributed by atoms with Gasteiger partial charge in [0.05, 0.1) is 17.9 Å². The maximum atomic E-state index is 11.8. The molecule has 0 saturated heterocycles. The third-order valence-electron chi connectivity index (χ3n) is 2.07. The molecule has 82 valence electrons. The van der Waals surface area contributed by atoms with Gasteiger partial charge in [-0.15, -0.1) is 0 Å². The third kappa shape index (κ3) is 3.16. The van der Waals surface area contributed by atoms with Crippen molar-refractivity contribution in [3.8, 4) is 0 Å². The fourth-order valence-electron chi connectivity index (χ4n) is 1.20. The summed E-state index contributed by atoms with van der Waals surface area (Å²) < 4.78 is 16.3. The van der Waals surface area contributed by atoms with E-state index in [-0.39, 0.29) is 5.75 Å². The smallest absolute Gasteiger partial charge is 0.318 e. The van der Waals surface area contributed by atoms with Crippen LogP contribution >= 0.6 is 0 Å². The predicted octanol–water partition coefficient (Wildman–Crippen LogP) is 1.58. The summed E-state index contributed by atoms with van der Waals surface area (Å²) in [6, 6.07) is 5.70. The normalized spacial score (nSPS) is 12.2. The lowest BCUT2D eigenvalue weighted by atomic mass is 10.2. The second-order valence-corrected chi connectivity index (χ2v) is 4.75. The fourth-order valence-corrected chi connectivity index (χ4v) is 2.43. The zero-order valence-electron chi connectivity index (χ0n) is 9.07. The highest BCUT2D eigenvalue weighted by atomic mass is 32.2. The van der Waals surface area contributed by atoms with Crippen molar-refractivity contribution in [1.29, 1.82) is 0 Å². The third-order valence-corrected chi connectivity index (χ3v) is 3.49. The molecule has 0 heterocycles. The van der Waals surface area contributed by atoms with Gasteiger partial charge in [0, 0.05) is 4.90 Å². The Morgan fingerprint density at radius 2 is 2.07 bits per heavy atom. The van der Waals surface area contributed by atoms with E-state index in [1.807, 2.05) is 32.0 Å². The Hall–Kier alpha value is -1.16. The van der Waals surface area contributed by atoms with Crippen LogP contribution < -0.4 is 0 Å². The van der Waals surface area contributed by atoms with Gasteiger partial charge in [-0.1, -0.05) is 12.1 Å². The molecule has 0 fully saturated rings. The molecule has 1 rings (SSSR count). The Morgan fingerprint density at radius 1 is 1.40 bits per heavy atom. The Balaban J connectivity index is 2.91. The first-order chi connectivity index (χ1) is 7.04. The standard InChI is InChI=1S/C11H14O3S/c1-8-4-5-9(2)10(6-8)15(13)7-11(12)14-3/h4-6H,7H2,1-3H3. The molecule has 0 amide bonds. The van der Waals surface area contributed by atoms with Crippen LogP contribution in [0.1, 0.15) is 11.1 Å². The number of hydrogen-bond donors (Lipinski definition) is 0. The maximum absolute atomic E-state index is 11.8. The first kappa shape index (κ1) is 11.9. The average molecular weight is 226 g/mol. The van der Waals surface area contributed by atoms with Crippen LogP contribution in [0, 0.1) is 13.8 Å². The molecule has 3 nitrogen and oxygen atoms in total. The Morgan fingerprint density at radius 3 is 2.67 bits per heavy atom. The van der Waals surface area contributed by atoms with Gasteiger partial charge in [0.1, 0.15) is 5.75 Å². The first-order valence-corrected chi connectivity index (χ1v) is 5.89. The van der Waals surface area contributed by atoms with Gasteiger partial charge < -0.3 is 4.74 Å². The maximum Gasteiger partial charge on any atom is 0.318 e. The van der Waals surface area contributed by atoms with E-state index in [2.05, 4.69) is 4.74 Å². The summed E-state index contributed by atoms with van der Waals surface area (Å²) in [4.78, 5) is 11.7. The molecule has 1 atom stereocenters. The fraction of sp³-hybridized carbons (Fsp3) is 0.364. The second-order valence-electron chi connectivity index (χ2n) is 3.33. The van der Waals surface area contributed by atoms with Crippen molar-refractivity contribution in [2.45, 2.75) is 18.7 Å². The van der Waals surface area contributed by atoms with E-state index in [0.29, 0.717) is 4.90 Å². The lowest BCUT2D eigenvalue weighted by Gasteiger charge is -2.05. The molecule has 0 aromatic heterocycles. The molecule has 0 aliphatic carbocycles. The summed E-state index contributed by atoms with van der Waals surface area (Å²) in [5.41, 5.74) is 1.97. The van der Waals surface area contributed by atoms with Crippen molar-refractivity contribution in [2.24, 2.45) is 0 Å². The zero-order chi connectivity index (χ0) is 11.4. The molecule has 0 N–H and O–H groups in total.